The van der Waals surface area contributed by atoms with Gasteiger partial charge in [-0.25, -0.2) is 0 Å². The van der Waals surface area contributed by atoms with E-state index in [2.05, 4.69) is 0 Å². The van der Waals surface area contributed by atoms with Crippen LogP contribution in [0.25, 0.3) is 0 Å². The Kier molecular flexibility index (Phi) is 5.41. The predicted octanol–water partition coefficient (Wildman–Crippen LogP) is 0.538. The van der Waals surface area contributed by atoms with E-state index in [0.29, 0.717) is 39.6 Å². The standard InChI is InChI=1S/C8H14O4/c1-2-10-5-6-12-8-7-11-4-3-9-1/h1-2H,3-8H2/b2-1-. The molecule has 0 fully saturated rings. The topological polar surface area (TPSA) is 36.9 Å². The Morgan fingerprint density at radius 2 is 1.00 bits per heavy atom. The Labute approximate surface area is 72.1 Å². The molecule has 0 atom stereocenters. The minimum Gasteiger partial charge on any atom is -0.496 e. The van der Waals surface area contributed by atoms with Crippen molar-refractivity contribution in [3.8, 4) is 0 Å². The summed E-state index contributed by atoms with van der Waals surface area (Å²) in [5.41, 5.74) is 0. The molecule has 0 aromatic heterocycles. The van der Waals surface area contributed by atoms with Crippen LogP contribution in [-0.2, 0) is 18.9 Å². The van der Waals surface area contributed by atoms with Gasteiger partial charge in [-0.15, -0.1) is 0 Å². The molecule has 0 radical (unpaired) electrons. The Hall–Kier alpha value is -0.740. The molecular formula is C8H14O4. The first kappa shape index (κ1) is 9.35. The SMILES string of the molecule is C1=C\OCCOCCOCCO/1. The van der Waals surface area contributed by atoms with Gasteiger partial charge in [0, 0.05) is 0 Å². The fourth-order valence-corrected chi connectivity index (χ4v) is 0.751. The quantitative estimate of drug-likeness (QED) is 0.537. The highest BCUT2D eigenvalue weighted by Crippen LogP contribution is 1.86. The predicted molar refractivity (Wildman–Crippen MR) is 42.7 cm³/mol. The van der Waals surface area contributed by atoms with Gasteiger partial charge < -0.3 is 18.9 Å². The zero-order chi connectivity index (χ0) is 8.49. The molecule has 0 bridgehead atoms. The van der Waals surface area contributed by atoms with E-state index >= 15 is 0 Å². The molecule has 1 rings (SSSR count). The third-order valence-corrected chi connectivity index (χ3v) is 1.31. The van der Waals surface area contributed by atoms with Crippen molar-refractivity contribution in [2.75, 3.05) is 39.6 Å². The van der Waals surface area contributed by atoms with Gasteiger partial charge >= 0.3 is 0 Å². The lowest BCUT2D eigenvalue weighted by atomic mass is 10.7. The molecule has 0 amide bonds. The van der Waals surface area contributed by atoms with E-state index in [9.17, 15) is 0 Å². The maximum absolute atomic E-state index is 5.18. The van der Waals surface area contributed by atoms with Crippen LogP contribution in [0.15, 0.2) is 12.5 Å². The highest BCUT2D eigenvalue weighted by Gasteiger charge is 1.91. The third-order valence-electron chi connectivity index (χ3n) is 1.31. The van der Waals surface area contributed by atoms with E-state index < -0.39 is 0 Å². The second-order valence-electron chi connectivity index (χ2n) is 2.24. The van der Waals surface area contributed by atoms with Crippen molar-refractivity contribution < 1.29 is 18.9 Å². The molecule has 0 aliphatic carbocycles. The van der Waals surface area contributed by atoms with Gasteiger partial charge in [0.1, 0.15) is 25.7 Å². The van der Waals surface area contributed by atoms with Gasteiger partial charge in [0.2, 0.25) is 0 Å². The number of hydrogen-bond acceptors (Lipinski definition) is 4. The lowest BCUT2D eigenvalue weighted by Crippen LogP contribution is -2.11. The van der Waals surface area contributed by atoms with E-state index in [1.54, 1.807) is 0 Å². The summed E-state index contributed by atoms with van der Waals surface area (Å²) in [5, 5.41) is 0. The Morgan fingerprint density at radius 1 is 0.583 bits per heavy atom. The Balaban J connectivity index is 2.10. The highest BCUT2D eigenvalue weighted by atomic mass is 16.6. The summed E-state index contributed by atoms with van der Waals surface area (Å²) < 4.78 is 20.4. The Bertz CT molecular complexity index is 110. The van der Waals surface area contributed by atoms with E-state index in [0.717, 1.165) is 0 Å². The first-order chi connectivity index (χ1) is 6.00. The van der Waals surface area contributed by atoms with Crippen molar-refractivity contribution in [1.82, 2.24) is 0 Å². The number of hydrogen-bond donors (Lipinski definition) is 0. The molecule has 0 saturated carbocycles. The molecule has 0 spiro atoms. The summed E-state index contributed by atoms with van der Waals surface area (Å²) in [6.45, 7) is 3.53. The van der Waals surface area contributed by atoms with Gasteiger partial charge in [0.25, 0.3) is 0 Å². The van der Waals surface area contributed by atoms with Crippen LogP contribution < -0.4 is 0 Å². The fourth-order valence-electron chi connectivity index (χ4n) is 0.751. The minimum absolute atomic E-state index is 0.555. The maximum atomic E-state index is 5.18. The van der Waals surface area contributed by atoms with E-state index in [-0.39, 0.29) is 0 Å². The van der Waals surface area contributed by atoms with Crippen LogP contribution in [0.5, 0.6) is 0 Å². The monoisotopic (exact) mass is 174 g/mol. The molecule has 0 unspecified atom stereocenters. The van der Waals surface area contributed by atoms with Crippen molar-refractivity contribution in [3.63, 3.8) is 0 Å². The van der Waals surface area contributed by atoms with Gasteiger partial charge in [0.15, 0.2) is 0 Å². The maximum Gasteiger partial charge on any atom is 0.117 e. The van der Waals surface area contributed by atoms with Crippen molar-refractivity contribution in [3.05, 3.63) is 12.5 Å². The van der Waals surface area contributed by atoms with E-state index in [1.807, 2.05) is 0 Å². The molecule has 12 heavy (non-hydrogen) atoms. The molecular weight excluding hydrogens is 160 g/mol. The Morgan fingerprint density at radius 3 is 1.50 bits per heavy atom. The van der Waals surface area contributed by atoms with Gasteiger partial charge in [-0.2, -0.15) is 0 Å². The minimum atomic E-state index is 0.555. The zero-order valence-corrected chi connectivity index (χ0v) is 7.03. The van der Waals surface area contributed by atoms with Gasteiger partial charge in [-0.05, 0) is 0 Å². The van der Waals surface area contributed by atoms with E-state index in [4.69, 9.17) is 18.9 Å². The fraction of sp³-hybridized carbons (Fsp3) is 0.750. The lowest BCUT2D eigenvalue weighted by Gasteiger charge is -2.07. The molecule has 0 aromatic carbocycles. The molecule has 0 aromatic rings. The van der Waals surface area contributed by atoms with Crippen LogP contribution in [0.2, 0.25) is 0 Å². The third kappa shape index (κ3) is 4.98. The smallest absolute Gasteiger partial charge is 0.117 e. The van der Waals surface area contributed by atoms with Crippen LogP contribution in [-0.4, -0.2) is 39.6 Å². The van der Waals surface area contributed by atoms with Crippen LogP contribution in [0.1, 0.15) is 0 Å². The molecule has 70 valence electrons. The molecule has 1 aliphatic heterocycles. The first-order valence-corrected chi connectivity index (χ1v) is 4.04. The number of rotatable bonds is 0. The average Bonchev–Trinajstić information content (AvgIpc) is 2.05. The second kappa shape index (κ2) is 6.94. The lowest BCUT2D eigenvalue weighted by molar-refractivity contribution is 0.0116. The van der Waals surface area contributed by atoms with Crippen LogP contribution >= 0.6 is 0 Å². The number of ether oxygens (including phenoxy) is 4. The summed E-state index contributed by atoms with van der Waals surface area (Å²) >= 11 is 0. The molecule has 0 N–H and O–H groups in total. The van der Waals surface area contributed by atoms with E-state index in [1.165, 1.54) is 12.5 Å². The average molecular weight is 174 g/mol. The molecule has 0 saturated heterocycles. The molecule has 1 aliphatic rings. The highest BCUT2D eigenvalue weighted by molar-refractivity contribution is 4.60. The normalized spacial score (nSPS) is 24.0. The molecule has 1 heterocycles. The van der Waals surface area contributed by atoms with Crippen LogP contribution in [0, 0.1) is 0 Å². The van der Waals surface area contributed by atoms with Gasteiger partial charge in [-0.3, -0.25) is 0 Å². The van der Waals surface area contributed by atoms with Crippen molar-refractivity contribution in [2.24, 2.45) is 0 Å². The zero-order valence-electron chi connectivity index (χ0n) is 7.03. The van der Waals surface area contributed by atoms with Crippen molar-refractivity contribution >= 4 is 0 Å². The summed E-state index contributed by atoms with van der Waals surface area (Å²) in [6, 6.07) is 0. The second-order valence-corrected chi connectivity index (χ2v) is 2.24. The molecule has 4 heteroatoms. The summed E-state index contributed by atoms with van der Waals surface area (Å²) in [7, 11) is 0. The first-order valence-electron chi connectivity index (χ1n) is 4.04. The van der Waals surface area contributed by atoms with Gasteiger partial charge in [-0.1, -0.05) is 0 Å². The van der Waals surface area contributed by atoms with Gasteiger partial charge in [0.05, 0.1) is 26.4 Å². The van der Waals surface area contributed by atoms with Crippen LogP contribution in [0.3, 0.4) is 0 Å². The van der Waals surface area contributed by atoms with Crippen molar-refractivity contribution in [2.45, 2.75) is 0 Å². The summed E-state index contributed by atoms with van der Waals surface area (Å²) in [4.78, 5) is 0. The van der Waals surface area contributed by atoms with Crippen LogP contribution in [0.4, 0.5) is 0 Å². The largest absolute Gasteiger partial charge is 0.496 e. The molecule has 4 nitrogen and oxygen atoms in total. The van der Waals surface area contributed by atoms with Crippen molar-refractivity contribution in [1.29, 1.82) is 0 Å². The summed E-state index contributed by atoms with van der Waals surface area (Å²) in [6.07, 6.45) is 3.04. The summed E-state index contributed by atoms with van der Waals surface area (Å²) in [5.74, 6) is 0.